The van der Waals surface area contributed by atoms with E-state index in [9.17, 15) is 0 Å². The van der Waals surface area contributed by atoms with E-state index in [0.29, 0.717) is 11.8 Å². The van der Waals surface area contributed by atoms with E-state index < -0.39 is 0 Å². The molecule has 0 amide bonds. The van der Waals surface area contributed by atoms with Crippen LogP contribution in [0.4, 0.5) is 4.39 Å². The van der Waals surface area contributed by atoms with E-state index in [2.05, 4.69) is 29.8 Å². The smallest absolute Gasteiger partial charge is 0.134 e. The van der Waals surface area contributed by atoms with Gasteiger partial charge in [0.05, 0.1) is 0 Å². The van der Waals surface area contributed by atoms with Crippen LogP contribution in [0.5, 0.6) is 0 Å². The van der Waals surface area contributed by atoms with Gasteiger partial charge in [0.2, 0.25) is 0 Å². The Hall–Kier alpha value is -2.97. The number of aryl methyl sites for hydroxylation is 5. The summed E-state index contributed by atoms with van der Waals surface area (Å²) in [5.74, 6) is -0.111. The highest BCUT2D eigenvalue weighted by Gasteiger charge is 2.09. The van der Waals surface area contributed by atoms with Crippen molar-refractivity contribution < 1.29 is 4.39 Å². The zero-order valence-electron chi connectivity index (χ0n) is 18.2. The van der Waals surface area contributed by atoms with E-state index in [1.54, 1.807) is 0 Å². The molecule has 0 unspecified atom stereocenters. The first kappa shape index (κ1) is 22.2. The number of rotatable bonds is 9. The number of benzene rings is 3. The van der Waals surface area contributed by atoms with Gasteiger partial charge in [-0.15, -0.1) is 6.58 Å². The Morgan fingerprint density at radius 3 is 2.28 bits per heavy atom. The van der Waals surface area contributed by atoms with Crippen LogP contribution in [0, 0.1) is 5.82 Å². The van der Waals surface area contributed by atoms with Gasteiger partial charge in [-0.2, -0.15) is 0 Å². The summed E-state index contributed by atoms with van der Waals surface area (Å²) in [5.41, 5.74) is 5.42. The maximum Gasteiger partial charge on any atom is 0.134 e. The normalized spacial score (nSPS) is 11.1. The lowest BCUT2D eigenvalue weighted by atomic mass is 9.98. The van der Waals surface area contributed by atoms with Crippen molar-refractivity contribution in [2.75, 3.05) is 0 Å². The first-order valence-electron chi connectivity index (χ1n) is 11.1. The molecule has 4 rings (SSSR count). The second-order valence-corrected chi connectivity index (χ2v) is 8.64. The first-order valence-corrected chi connectivity index (χ1v) is 11.5. The van der Waals surface area contributed by atoms with E-state index in [4.69, 9.17) is 11.6 Å². The Labute approximate surface area is 194 Å². The summed E-state index contributed by atoms with van der Waals surface area (Å²) >= 11 is 5.95. The molecule has 0 radical (unpaired) electrons. The molecule has 32 heavy (non-hydrogen) atoms. The maximum absolute atomic E-state index is 15.1. The summed E-state index contributed by atoms with van der Waals surface area (Å²) in [6.45, 7) is 3.76. The number of hydrogen-bond acceptors (Lipinski definition) is 1. The van der Waals surface area contributed by atoms with Crippen molar-refractivity contribution in [1.82, 2.24) is 4.98 Å². The van der Waals surface area contributed by atoms with Gasteiger partial charge in [0.25, 0.3) is 0 Å². The number of halogens is 2. The molecule has 4 aromatic rings. The van der Waals surface area contributed by atoms with Crippen molar-refractivity contribution in [2.24, 2.45) is 0 Å². The SMILES string of the molecule is C=CCCc1ccc(CCc2ccc3c(F)c(CCc4ccc(Cl)cc4)ccc3c2)nc1. The largest absolute Gasteiger partial charge is 0.261 e. The van der Waals surface area contributed by atoms with Gasteiger partial charge in [-0.05, 0) is 84.4 Å². The van der Waals surface area contributed by atoms with Crippen molar-refractivity contribution >= 4 is 22.4 Å². The molecule has 0 atom stereocenters. The second kappa shape index (κ2) is 10.6. The van der Waals surface area contributed by atoms with E-state index in [1.807, 2.05) is 60.8 Å². The van der Waals surface area contributed by atoms with Gasteiger partial charge < -0.3 is 0 Å². The summed E-state index contributed by atoms with van der Waals surface area (Å²) in [6.07, 6.45) is 9.05. The minimum Gasteiger partial charge on any atom is -0.261 e. The molecular weight excluding hydrogens is 417 g/mol. The Morgan fingerprint density at radius 1 is 0.781 bits per heavy atom. The predicted octanol–water partition coefficient (Wildman–Crippen LogP) is 7.72. The lowest BCUT2D eigenvalue weighted by Gasteiger charge is -2.09. The van der Waals surface area contributed by atoms with Gasteiger partial charge in [-0.3, -0.25) is 4.98 Å². The van der Waals surface area contributed by atoms with Crippen LogP contribution in [0.2, 0.25) is 5.02 Å². The molecule has 1 heterocycles. The molecule has 0 N–H and O–H groups in total. The van der Waals surface area contributed by atoms with Gasteiger partial charge in [0, 0.05) is 22.3 Å². The Balaban J connectivity index is 1.41. The third-order valence-electron chi connectivity index (χ3n) is 5.89. The van der Waals surface area contributed by atoms with Gasteiger partial charge >= 0.3 is 0 Å². The molecule has 0 aliphatic rings. The van der Waals surface area contributed by atoms with Crippen LogP contribution in [-0.4, -0.2) is 4.98 Å². The van der Waals surface area contributed by atoms with Crippen LogP contribution >= 0.6 is 11.6 Å². The third-order valence-corrected chi connectivity index (χ3v) is 6.14. The molecule has 0 aliphatic carbocycles. The molecule has 1 nitrogen and oxygen atoms in total. The molecule has 3 heteroatoms. The summed E-state index contributed by atoms with van der Waals surface area (Å²) in [5, 5.41) is 2.35. The minimum absolute atomic E-state index is 0.111. The van der Waals surface area contributed by atoms with Gasteiger partial charge in [-0.25, -0.2) is 4.39 Å². The van der Waals surface area contributed by atoms with Crippen LogP contribution < -0.4 is 0 Å². The lowest BCUT2D eigenvalue weighted by Crippen LogP contribution is -1.98. The van der Waals surface area contributed by atoms with Crippen molar-refractivity contribution in [1.29, 1.82) is 0 Å². The average Bonchev–Trinajstić information content (AvgIpc) is 2.82. The molecule has 0 saturated carbocycles. The standard InChI is InChI=1S/C29H27ClFN/c1-2-3-4-23-9-17-27(32-20-23)16-8-22-10-18-28-25(19-22)13-12-24(29(28)31)11-5-21-6-14-26(30)15-7-21/h2,6-7,9-10,12-15,17-20H,1,3-5,8,11,16H2. The quantitative estimate of drug-likeness (QED) is 0.241. The fraction of sp³-hybridized carbons (Fsp3) is 0.207. The highest BCUT2D eigenvalue weighted by molar-refractivity contribution is 6.30. The van der Waals surface area contributed by atoms with Gasteiger partial charge in [-0.1, -0.05) is 66.2 Å². The fourth-order valence-corrected chi connectivity index (χ4v) is 4.08. The van der Waals surface area contributed by atoms with E-state index in [-0.39, 0.29) is 5.82 Å². The topological polar surface area (TPSA) is 12.9 Å². The summed E-state index contributed by atoms with van der Waals surface area (Å²) < 4.78 is 15.1. The first-order chi connectivity index (χ1) is 15.6. The van der Waals surface area contributed by atoms with Crippen LogP contribution in [0.25, 0.3) is 10.8 Å². The number of nitrogens with zero attached hydrogens (tertiary/aromatic N) is 1. The number of pyridine rings is 1. The highest BCUT2D eigenvalue weighted by Crippen LogP contribution is 2.24. The average molecular weight is 444 g/mol. The van der Waals surface area contributed by atoms with Crippen molar-refractivity contribution in [3.8, 4) is 0 Å². The number of aromatic nitrogens is 1. The minimum atomic E-state index is -0.111. The Bertz CT molecular complexity index is 1200. The highest BCUT2D eigenvalue weighted by atomic mass is 35.5. The van der Waals surface area contributed by atoms with Crippen LogP contribution in [-0.2, 0) is 32.1 Å². The molecule has 0 aliphatic heterocycles. The zero-order chi connectivity index (χ0) is 22.3. The summed E-state index contributed by atoms with van der Waals surface area (Å²) in [4.78, 5) is 4.58. The van der Waals surface area contributed by atoms with Gasteiger partial charge in [0.1, 0.15) is 5.82 Å². The van der Waals surface area contributed by atoms with Crippen molar-refractivity contribution in [2.45, 2.75) is 38.5 Å². The molecule has 0 spiro atoms. The van der Waals surface area contributed by atoms with E-state index in [0.717, 1.165) is 59.3 Å². The number of allylic oxidation sites excluding steroid dienone is 1. The second-order valence-electron chi connectivity index (χ2n) is 8.21. The monoisotopic (exact) mass is 443 g/mol. The fourth-order valence-electron chi connectivity index (χ4n) is 3.96. The summed E-state index contributed by atoms with van der Waals surface area (Å²) in [6, 6.07) is 22.0. The predicted molar refractivity (Wildman–Crippen MR) is 133 cm³/mol. The van der Waals surface area contributed by atoms with Crippen LogP contribution in [0.1, 0.15) is 34.4 Å². The Kier molecular flexibility index (Phi) is 7.34. The third kappa shape index (κ3) is 5.63. The Morgan fingerprint density at radius 2 is 1.53 bits per heavy atom. The molecule has 0 saturated heterocycles. The van der Waals surface area contributed by atoms with E-state index in [1.165, 1.54) is 11.1 Å². The van der Waals surface area contributed by atoms with Crippen molar-refractivity contribution in [3.05, 3.63) is 124 Å². The maximum atomic E-state index is 15.1. The van der Waals surface area contributed by atoms with Crippen molar-refractivity contribution in [3.63, 3.8) is 0 Å². The zero-order valence-corrected chi connectivity index (χ0v) is 18.9. The molecule has 0 fully saturated rings. The van der Waals surface area contributed by atoms with E-state index >= 15 is 4.39 Å². The lowest BCUT2D eigenvalue weighted by molar-refractivity contribution is 0.620. The molecule has 1 aromatic heterocycles. The van der Waals surface area contributed by atoms with Crippen LogP contribution in [0.15, 0.2) is 85.6 Å². The molecular formula is C29H27ClFN. The molecule has 162 valence electrons. The number of hydrogen-bond donors (Lipinski definition) is 0. The number of fused-ring (bicyclic) bond motifs is 1. The van der Waals surface area contributed by atoms with Crippen LogP contribution in [0.3, 0.4) is 0 Å². The molecule has 3 aromatic carbocycles. The summed E-state index contributed by atoms with van der Waals surface area (Å²) in [7, 11) is 0. The molecule has 0 bridgehead atoms. The van der Waals surface area contributed by atoms with Gasteiger partial charge in [0.15, 0.2) is 0 Å².